The van der Waals surface area contributed by atoms with Crippen LogP contribution in [0.2, 0.25) is 5.02 Å². The first kappa shape index (κ1) is 14.7. The molecule has 0 fully saturated rings. The van der Waals surface area contributed by atoms with Gasteiger partial charge in [0.15, 0.2) is 11.5 Å². The molecule has 2 rings (SSSR count). The van der Waals surface area contributed by atoms with Crippen LogP contribution < -0.4 is 14.8 Å². The standard InChI is InChI=1S/C15H18ClNO3/c1-3-11(4-2)17-14(18)6-5-10-7-12(16)15-13(8-10)19-9-20-15/h5-8,11H,3-4,9H2,1-2H3,(H,17,18)/b6-5+. The minimum atomic E-state index is -0.104. The van der Waals surface area contributed by atoms with Crippen LogP contribution in [0, 0.1) is 0 Å². The normalized spacial score (nSPS) is 13.2. The largest absolute Gasteiger partial charge is 0.454 e. The second-order valence-electron chi connectivity index (χ2n) is 4.59. The van der Waals surface area contributed by atoms with Crippen molar-refractivity contribution in [3.63, 3.8) is 0 Å². The Morgan fingerprint density at radius 2 is 2.15 bits per heavy atom. The summed E-state index contributed by atoms with van der Waals surface area (Å²) in [5.41, 5.74) is 0.805. The highest BCUT2D eigenvalue weighted by molar-refractivity contribution is 6.32. The molecule has 1 aliphatic heterocycles. The quantitative estimate of drug-likeness (QED) is 0.847. The van der Waals surface area contributed by atoms with Crippen LogP contribution in [0.4, 0.5) is 0 Å². The van der Waals surface area contributed by atoms with Gasteiger partial charge < -0.3 is 14.8 Å². The summed E-state index contributed by atoms with van der Waals surface area (Å²) in [6.07, 6.45) is 5.07. The average molecular weight is 296 g/mol. The molecule has 5 heteroatoms. The van der Waals surface area contributed by atoms with Crippen LogP contribution in [0.5, 0.6) is 11.5 Å². The molecule has 20 heavy (non-hydrogen) atoms. The molecule has 0 aliphatic carbocycles. The molecule has 4 nitrogen and oxygen atoms in total. The number of halogens is 1. The Hall–Kier alpha value is -1.68. The third kappa shape index (κ3) is 3.45. The van der Waals surface area contributed by atoms with Crippen molar-refractivity contribution in [2.75, 3.05) is 6.79 Å². The molecule has 1 aromatic carbocycles. The van der Waals surface area contributed by atoms with E-state index < -0.39 is 0 Å². The predicted octanol–water partition coefficient (Wildman–Crippen LogP) is 3.39. The molecule has 0 saturated heterocycles. The van der Waals surface area contributed by atoms with E-state index in [9.17, 15) is 4.79 Å². The van der Waals surface area contributed by atoms with Crippen molar-refractivity contribution in [2.24, 2.45) is 0 Å². The number of ether oxygens (including phenoxy) is 2. The van der Waals surface area contributed by atoms with Gasteiger partial charge in [-0.2, -0.15) is 0 Å². The van der Waals surface area contributed by atoms with E-state index in [4.69, 9.17) is 21.1 Å². The Balaban J connectivity index is 2.04. The zero-order valence-corrected chi connectivity index (χ0v) is 12.4. The van der Waals surface area contributed by atoms with Gasteiger partial charge in [0.2, 0.25) is 12.7 Å². The topological polar surface area (TPSA) is 47.6 Å². The van der Waals surface area contributed by atoms with Gasteiger partial charge in [-0.15, -0.1) is 0 Å². The zero-order chi connectivity index (χ0) is 14.5. The van der Waals surface area contributed by atoms with Gasteiger partial charge in [0.25, 0.3) is 0 Å². The molecule has 0 unspecified atom stereocenters. The first-order valence-electron chi connectivity index (χ1n) is 6.71. The molecule has 0 atom stereocenters. The molecule has 1 aliphatic rings. The summed E-state index contributed by atoms with van der Waals surface area (Å²) in [6, 6.07) is 3.76. The second kappa shape index (κ2) is 6.66. The highest BCUT2D eigenvalue weighted by atomic mass is 35.5. The number of nitrogens with one attached hydrogen (secondary N) is 1. The van der Waals surface area contributed by atoms with Crippen molar-refractivity contribution < 1.29 is 14.3 Å². The molecule has 0 radical (unpaired) electrons. The van der Waals surface area contributed by atoms with Crippen LogP contribution in [0.1, 0.15) is 32.3 Å². The van der Waals surface area contributed by atoms with Gasteiger partial charge in [0.05, 0.1) is 5.02 Å². The van der Waals surface area contributed by atoms with E-state index >= 15 is 0 Å². The Morgan fingerprint density at radius 3 is 2.85 bits per heavy atom. The molecule has 0 spiro atoms. The van der Waals surface area contributed by atoms with Gasteiger partial charge >= 0.3 is 0 Å². The van der Waals surface area contributed by atoms with Crippen molar-refractivity contribution in [2.45, 2.75) is 32.7 Å². The minimum absolute atomic E-state index is 0.104. The highest BCUT2D eigenvalue weighted by Gasteiger charge is 2.17. The number of carbonyl (C=O) groups excluding carboxylic acids is 1. The minimum Gasteiger partial charge on any atom is -0.454 e. The van der Waals surface area contributed by atoms with E-state index in [0.717, 1.165) is 18.4 Å². The average Bonchev–Trinajstić information content (AvgIpc) is 2.91. The summed E-state index contributed by atoms with van der Waals surface area (Å²) in [4.78, 5) is 11.8. The Bertz CT molecular complexity index is 524. The first-order chi connectivity index (χ1) is 9.63. The van der Waals surface area contributed by atoms with Gasteiger partial charge in [-0.3, -0.25) is 4.79 Å². The van der Waals surface area contributed by atoms with Crippen LogP contribution in [0.25, 0.3) is 6.08 Å². The SMILES string of the molecule is CCC(CC)NC(=O)/C=C/c1cc(Cl)c2c(c1)OCO2. The monoisotopic (exact) mass is 295 g/mol. The van der Waals surface area contributed by atoms with E-state index in [2.05, 4.69) is 19.2 Å². The van der Waals surface area contributed by atoms with Crippen molar-refractivity contribution in [3.8, 4) is 11.5 Å². The number of amides is 1. The van der Waals surface area contributed by atoms with E-state index in [1.165, 1.54) is 6.08 Å². The lowest BCUT2D eigenvalue weighted by Crippen LogP contribution is -2.32. The van der Waals surface area contributed by atoms with Crippen LogP contribution in [-0.4, -0.2) is 18.7 Å². The van der Waals surface area contributed by atoms with E-state index in [0.29, 0.717) is 16.5 Å². The van der Waals surface area contributed by atoms with Crippen molar-refractivity contribution in [3.05, 3.63) is 28.8 Å². The molecule has 1 aromatic rings. The maximum absolute atomic E-state index is 11.8. The maximum atomic E-state index is 11.8. The molecular weight excluding hydrogens is 278 g/mol. The number of benzene rings is 1. The molecule has 0 saturated carbocycles. The van der Waals surface area contributed by atoms with Gasteiger partial charge in [-0.1, -0.05) is 25.4 Å². The number of carbonyl (C=O) groups is 1. The van der Waals surface area contributed by atoms with Crippen LogP contribution in [-0.2, 0) is 4.79 Å². The Labute approximate surface area is 123 Å². The Kier molecular flexibility index (Phi) is 4.90. The van der Waals surface area contributed by atoms with Crippen molar-refractivity contribution in [1.29, 1.82) is 0 Å². The number of hydrogen-bond acceptors (Lipinski definition) is 3. The molecular formula is C15H18ClNO3. The summed E-state index contributed by atoms with van der Waals surface area (Å²) in [5.74, 6) is 1.07. The molecule has 0 aromatic heterocycles. The predicted molar refractivity (Wildman–Crippen MR) is 79.1 cm³/mol. The summed E-state index contributed by atoms with van der Waals surface area (Å²) >= 11 is 6.08. The smallest absolute Gasteiger partial charge is 0.244 e. The van der Waals surface area contributed by atoms with Crippen LogP contribution >= 0.6 is 11.6 Å². The molecule has 0 bridgehead atoms. The highest BCUT2D eigenvalue weighted by Crippen LogP contribution is 2.39. The Morgan fingerprint density at radius 1 is 1.40 bits per heavy atom. The fourth-order valence-corrected chi connectivity index (χ4v) is 2.27. The second-order valence-corrected chi connectivity index (χ2v) is 5.00. The molecule has 1 N–H and O–H groups in total. The first-order valence-corrected chi connectivity index (χ1v) is 7.09. The van der Waals surface area contributed by atoms with Crippen molar-refractivity contribution in [1.82, 2.24) is 5.32 Å². The van der Waals surface area contributed by atoms with E-state index in [-0.39, 0.29) is 18.7 Å². The number of fused-ring (bicyclic) bond motifs is 1. The third-order valence-electron chi connectivity index (χ3n) is 3.21. The third-order valence-corrected chi connectivity index (χ3v) is 3.49. The maximum Gasteiger partial charge on any atom is 0.244 e. The lowest BCUT2D eigenvalue weighted by atomic mass is 10.1. The lowest BCUT2D eigenvalue weighted by Gasteiger charge is -2.12. The van der Waals surface area contributed by atoms with Gasteiger partial charge in [0.1, 0.15) is 0 Å². The lowest BCUT2D eigenvalue weighted by molar-refractivity contribution is -0.117. The molecule has 1 heterocycles. The summed E-state index contributed by atoms with van der Waals surface area (Å²) in [5, 5.41) is 3.43. The summed E-state index contributed by atoms with van der Waals surface area (Å²) < 4.78 is 10.5. The van der Waals surface area contributed by atoms with E-state index in [1.54, 1.807) is 18.2 Å². The number of hydrogen-bond donors (Lipinski definition) is 1. The fourth-order valence-electron chi connectivity index (χ4n) is 2.00. The molecule has 108 valence electrons. The van der Waals surface area contributed by atoms with Crippen molar-refractivity contribution >= 4 is 23.6 Å². The zero-order valence-electron chi connectivity index (χ0n) is 11.6. The molecule has 1 amide bonds. The van der Waals surface area contributed by atoms with Gasteiger partial charge in [-0.05, 0) is 36.6 Å². The van der Waals surface area contributed by atoms with E-state index in [1.807, 2.05) is 0 Å². The van der Waals surface area contributed by atoms with Crippen LogP contribution in [0.3, 0.4) is 0 Å². The van der Waals surface area contributed by atoms with Gasteiger partial charge in [0, 0.05) is 12.1 Å². The van der Waals surface area contributed by atoms with Gasteiger partial charge in [-0.25, -0.2) is 0 Å². The summed E-state index contributed by atoms with van der Waals surface area (Å²) in [6.45, 7) is 4.28. The van der Waals surface area contributed by atoms with Crippen LogP contribution in [0.15, 0.2) is 18.2 Å². The fraction of sp³-hybridized carbons (Fsp3) is 0.400. The summed E-state index contributed by atoms with van der Waals surface area (Å²) in [7, 11) is 0. The number of rotatable bonds is 5.